The summed E-state index contributed by atoms with van der Waals surface area (Å²) in [5, 5.41) is 7.69. The Morgan fingerprint density at radius 2 is 2.58 bits per heavy atom. The summed E-state index contributed by atoms with van der Waals surface area (Å²) in [6, 6.07) is 0. The van der Waals surface area contributed by atoms with E-state index < -0.39 is 0 Å². The second kappa shape index (κ2) is 5.18. The number of rotatable bonds is 3. The van der Waals surface area contributed by atoms with E-state index in [9.17, 15) is 0 Å². The lowest BCUT2D eigenvalue weighted by Gasteiger charge is -2.12. The van der Waals surface area contributed by atoms with Gasteiger partial charge in [0.05, 0.1) is 4.55 Å². The normalized spacial score (nSPS) is 17.5. The molecule has 0 saturated heterocycles. The molecule has 0 spiro atoms. The molecule has 0 bridgehead atoms. The van der Waals surface area contributed by atoms with Crippen LogP contribution in [0.15, 0.2) is 10.3 Å². The third-order valence-corrected chi connectivity index (χ3v) is 1.52. The van der Waals surface area contributed by atoms with Crippen molar-refractivity contribution in [2.24, 2.45) is 10.3 Å². The summed E-state index contributed by atoms with van der Waals surface area (Å²) in [6.07, 6.45) is 0. The summed E-state index contributed by atoms with van der Waals surface area (Å²) < 4.78 is 5.94. The molecule has 6 heteroatoms. The van der Waals surface area contributed by atoms with E-state index in [0.29, 0.717) is 24.8 Å². The first-order chi connectivity index (χ1) is 5.84. The van der Waals surface area contributed by atoms with Gasteiger partial charge < -0.3 is 9.57 Å². The van der Waals surface area contributed by atoms with Crippen LogP contribution in [-0.2, 0) is 9.57 Å². The monoisotopic (exact) mass is 283 g/mol. The topological polar surface area (TPSA) is 55.2 Å². The van der Waals surface area contributed by atoms with Crippen molar-refractivity contribution in [3.8, 4) is 0 Å². The number of hydrogen-bond donors (Lipinski definition) is 1. The number of hydrazone groups is 1. The minimum Gasteiger partial charge on any atom is -0.471 e. The van der Waals surface area contributed by atoms with Crippen LogP contribution in [0.4, 0.5) is 0 Å². The number of alkyl halides is 1. The van der Waals surface area contributed by atoms with Crippen molar-refractivity contribution in [2.75, 3.05) is 17.8 Å². The van der Waals surface area contributed by atoms with Gasteiger partial charge in [-0.3, -0.25) is 5.43 Å². The molecule has 0 amide bonds. The summed E-state index contributed by atoms with van der Waals surface area (Å²) >= 11 is 2.16. The van der Waals surface area contributed by atoms with Gasteiger partial charge in [0.2, 0.25) is 0 Å². The molecule has 0 atom stereocenters. The highest BCUT2D eigenvalue weighted by Crippen LogP contribution is 1.95. The van der Waals surface area contributed by atoms with Gasteiger partial charge in [-0.25, -0.2) is 0 Å². The number of nitrogens with zero attached hydrogens (tertiary/aromatic N) is 2. The number of hydrogen-bond acceptors (Lipinski definition) is 5. The van der Waals surface area contributed by atoms with E-state index in [1.807, 2.05) is 6.92 Å². The zero-order valence-electron chi connectivity index (χ0n) is 6.71. The fourth-order valence-corrected chi connectivity index (χ4v) is 0.844. The second-order valence-electron chi connectivity index (χ2n) is 2.07. The van der Waals surface area contributed by atoms with Gasteiger partial charge in [-0.15, -0.1) is 0 Å². The Balaban J connectivity index is 2.49. The Kier molecular flexibility index (Phi) is 4.12. The third kappa shape index (κ3) is 2.84. The molecule has 1 N–H and O–H groups in total. The molecule has 0 aromatic carbocycles. The van der Waals surface area contributed by atoms with Gasteiger partial charge in [-0.2, -0.15) is 5.10 Å². The molecule has 0 saturated carbocycles. The molecule has 0 unspecified atom stereocenters. The summed E-state index contributed by atoms with van der Waals surface area (Å²) in [4.78, 5) is 4.84. The maximum atomic E-state index is 5.19. The van der Waals surface area contributed by atoms with Crippen LogP contribution >= 0.6 is 22.6 Å². The quantitative estimate of drug-likeness (QED) is 0.273. The Labute approximate surface area is 84.3 Å². The minimum absolute atomic E-state index is 0.457. The van der Waals surface area contributed by atoms with E-state index in [1.54, 1.807) is 0 Å². The lowest BCUT2D eigenvalue weighted by Crippen LogP contribution is -2.24. The number of oxime groups is 1. The van der Waals surface area contributed by atoms with E-state index in [2.05, 4.69) is 38.3 Å². The molecule has 0 aliphatic carbocycles. The highest BCUT2D eigenvalue weighted by atomic mass is 127. The van der Waals surface area contributed by atoms with Crippen LogP contribution in [0.1, 0.15) is 6.92 Å². The Hall–Kier alpha value is -0.530. The Morgan fingerprint density at radius 3 is 3.17 bits per heavy atom. The zero-order chi connectivity index (χ0) is 8.81. The first kappa shape index (κ1) is 9.56. The molecule has 5 nitrogen and oxygen atoms in total. The van der Waals surface area contributed by atoms with Crippen molar-refractivity contribution in [1.82, 2.24) is 5.43 Å². The van der Waals surface area contributed by atoms with Crippen molar-refractivity contribution in [3.05, 3.63) is 0 Å². The largest absolute Gasteiger partial charge is 0.471 e. The number of nitrogens with one attached hydrogen (secondary N) is 1. The average molecular weight is 283 g/mol. The Morgan fingerprint density at radius 1 is 1.75 bits per heavy atom. The van der Waals surface area contributed by atoms with Crippen LogP contribution < -0.4 is 5.43 Å². The summed E-state index contributed by atoms with van der Waals surface area (Å²) in [7, 11) is 0. The second-order valence-corrected chi connectivity index (χ2v) is 2.83. The van der Waals surface area contributed by atoms with Crippen LogP contribution in [0.3, 0.4) is 0 Å². The first-order valence-electron chi connectivity index (χ1n) is 3.51. The molecule has 1 rings (SSSR count). The highest BCUT2D eigenvalue weighted by Gasteiger charge is 2.10. The number of halogens is 1. The predicted molar refractivity (Wildman–Crippen MR) is 54.5 cm³/mol. The molecule has 1 heterocycles. The van der Waals surface area contributed by atoms with Crippen molar-refractivity contribution in [3.63, 3.8) is 0 Å². The van der Waals surface area contributed by atoms with Gasteiger partial charge in [0, 0.05) is 0 Å². The lowest BCUT2D eigenvalue weighted by molar-refractivity contribution is 0.0675. The number of ether oxygens (including phenoxy) is 1. The standard InChI is InChI=1S/C6H10IN3O2/c1-5(9-8-4-7)6-10-12-3-2-11-6/h8H,2-4H2,1H3/b9-5+. The van der Waals surface area contributed by atoms with E-state index >= 15 is 0 Å². The van der Waals surface area contributed by atoms with Gasteiger partial charge in [0.25, 0.3) is 5.90 Å². The van der Waals surface area contributed by atoms with Crippen molar-refractivity contribution in [2.45, 2.75) is 6.92 Å². The van der Waals surface area contributed by atoms with Gasteiger partial charge in [-0.1, -0.05) is 22.6 Å². The maximum Gasteiger partial charge on any atom is 0.273 e. The van der Waals surface area contributed by atoms with Crippen LogP contribution in [0.25, 0.3) is 0 Å². The van der Waals surface area contributed by atoms with Crippen molar-refractivity contribution >= 4 is 34.2 Å². The van der Waals surface area contributed by atoms with Gasteiger partial charge in [0.1, 0.15) is 12.3 Å². The minimum atomic E-state index is 0.457. The molecule has 12 heavy (non-hydrogen) atoms. The predicted octanol–water partition coefficient (Wildman–Crippen LogP) is 0.705. The van der Waals surface area contributed by atoms with E-state index in [-0.39, 0.29) is 0 Å². The van der Waals surface area contributed by atoms with E-state index in [0.717, 1.165) is 4.55 Å². The summed E-state index contributed by atoms with van der Waals surface area (Å²) in [5.74, 6) is 0.457. The molecule has 0 aromatic heterocycles. The smallest absolute Gasteiger partial charge is 0.273 e. The van der Waals surface area contributed by atoms with Crippen LogP contribution in [0, 0.1) is 0 Å². The molecule has 0 aromatic rings. The van der Waals surface area contributed by atoms with Crippen LogP contribution in [-0.4, -0.2) is 29.4 Å². The van der Waals surface area contributed by atoms with Crippen LogP contribution in [0.2, 0.25) is 0 Å². The van der Waals surface area contributed by atoms with Gasteiger partial charge in [-0.05, 0) is 12.1 Å². The molecular formula is C6H10IN3O2. The van der Waals surface area contributed by atoms with E-state index in [4.69, 9.17) is 9.57 Å². The molecule has 1 aliphatic rings. The first-order valence-corrected chi connectivity index (χ1v) is 5.03. The zero-order valence-corrected chi connectivity index (χ0v) is 8.87. The maximum absolute atomic E-state index is 5.19. The van der Waals surface area contributed by atoms with Crippen molar-refractivity contribution < 1.29 is 9.57 Å². The fourth-order valence-electron chi connectivity index (χ4n) is 0.673. The third-order valence-electron chi connectivity index (χ3n) is 1.18. The molecule has 0 radical (unpaired) electrons. The fraction of sp³-hybridized carbons (Fsp3) is 0.667. The van der Waals surface area contributed by atoms with Gasteiger partial charge >= 0.3 is 0 Å². The SMILES string of the molecule is C/C(=N\NCI)C1=NOCCO1. The summed E-state index contributed by atoms with van der Waals surface area (Å²) in [6.45, 7) is 2.86. The molecule has 68 valence electrons. The highest BCUT2D eigenvalue weighted by molar-refractivity contribution is 14.1. The Bertz CT molecular complexity index is 205. The van der Waals surface area contributed by atoms with Gasteiger partial charge in [0.15, 0.2) is 6.61 Å². The van der Waals surface area contributed by atoms with Crippen LogP contribution in [0.5, 0.6) is 0 Å². The van der Waals surface area contributed by atoms with Crippen molar-refractivity contribution in [1.29, 1.82) is 0 Å². The lowest BCUT2D eigenvalue weighted by atomic mass is 10.4. The molecular weight excluding hydrogens is 273 g/mol. The molecule has 1 aliphatic heterocycles. The average Bonchev–Trinajstić information content (AvgIpc) is 2.15. The van der Waals surface area contributed by atoms with E-state index in [1.165, 1.54) is 0 Å². The molecule has 0 fully saturated rings. The summed E-state index contributed by atoms with van der Waals surface area (Å²) in [5.41, 5.74) is 3.50.